The third kappa shape index (κ3) is 4.97. The van der Waals surface area contributed by atoms with Crippen molar-refractivity contribution in [2.45, 2.75) is 0 Å². The summed E-state index contributed by atoms with van der Waals surface area (Å²) in [4.78, 5) is 4.84. The highest BCUT2D eigenvalue weighted by Crippen LogP contribution is 2.54. The Labute approximate surface area is 220 Å². The minimum absolute atomic E-state index is 0. The van der Waals surface area contributed by atoms with Crippen LogP contribution in [0, 0.1) is 0 Å². The predicted molar refractivity (Wildman–Crippen MR) is 151 cm³/mol. The molecule has 0 amide bonds. The van der Waals surface area contributed by atoms with Gasteiger partial charge in [0, 0.05) is 11.8 Å². The summed E-state index contributed by atoms with van der Waals surface area (Å²) in [5.41, 5.74) is 2.01. The van der Waals surface area contributed by atoms with Gasteiger partial charge < -0.3 is 17.1 Å². The molecule has 0 aliphatic heterocycles. The molecule has 178 valence electrons. The molecule has 0 fully saturated rings. The monoisotopic (exact) mass is 507 g/mol. The smallest absolute Gasteiger partial charge is 0.145 e. The van der Waals surface area contributed by atoms with Crippen LogP contribution in [0.15, 0.2) is 145 Å². The SMILES string of the molecule is COc1ccc(N=Cc2ccccc2[P+](c2ccccc2)(c2ccccc2)c2ccccc2)cc1.[Cl-]. The van der Waals surface area contributed by atoms with Gasteiger partial charge >= 0.3 is 0 Å². The van der Waals surface area contributed by atoms with E-state index in [1.165, 1.54) is 21.2 Å². The number of hydrogen-bond acceptors (Lipinski definition) is 2. The molecular weight excluding hydrogens is 481 g/mol. The molecule has 0 aliphatic rings. The molecule has 0 radical (unpaired) electrons. The zero-order chi connectivity index (χ0) is 23.9. The van der Waals surface area contributed by atoms with Crippen molar-refractivity contribution in [3.05, 3.63) is 145 Å². The van der Waals surface area contributed by atoms with Gasteiger partial charge in [0.05, 0.1) is 12.8 Å². The number of methoxy groups -OCH3 is 1. The first-order valence-corrected chi connectivity index (χ1v) is 13.4. The number of rotatable bonds is 7. The average Bonchev–Trinajstić information content (AvgIpc) is 2.95. The van der Waals surface area contributed by atoms with E-state index >= 15 is 0 Å². The Morgan fingerprint density at radius 2 is 1.00 bits per heavy atom. The second kappa shape index (κ2) is 11.8. The van der Waals surface area contributed by atoms with Crippen LogP contribution in [0.1, 0.15) is 5.56 Å². The Balaban J connectivity index is 0.00000304. The average molecular weight is 508 g/mol. The maximum atomic E-state index is 5.30. The first kappa shape index (κ1) is 25.4. The van der Waals surface area contributed by atoms with Gasteiger partial charge in [-0.3, -0.25) is 4.99 Å². The van der Waals surface area contributed by atoms with E-state index < -0.39 is 7.26 Å². The van der Waals surface area contributed by atoms with Crippen molar-refractivity contribution in [2.75, 3.05) is 7.11 Å². The van der Waals surface area contributed by atoms with Gasteiger partial charge in [0.15, 0.2) is 0 Å². The molecule has 5 aromatic carbocycles. The summed E-state index contributed by atoms with van der Waals surface area (Å²) < 4.78 is 5.30. The summed E-state index contributed by atoms with van der Waals surface area (Å²) >= 11 is 0. The molecule has 0 spiro atoms. The fourth-order valence-corrected chi connectivity index (χ4v) is 8.95. The largest absolute Gasteiger partial charge is 1.00 e. The molecule has 36 heavy (non-hydrogen) atoms. The van der Waals surface area contributed by atoms with E-state index in [1.54, 1.807) is 7.11 Å². The molecule has 0 aromatic heterocycles. The van der Waals surface area contributed by atoms with Crippen LogP contribution in [0.3, 0.4) is 0 Å². The van der Waals surface area contributed by atoms with Crippen LogP contribution in [0.4, 0.5) is 5.69 Å². The van der Waals surface area contributed by atoms with Crippen LogP contribution >= 0.6 is 7.26 Å². The molecule has 0 N–H and O–H groups in total. The molecular formula is C32H27ClNOP. The molecule has 0 heterocycles. The van der Waals surface area contributed by atoms with Gasteiger partial charge in [-0.2, -0.15) is 0 Å². The highest BCUT2D eigenvalue weighted by Gasteiger charge is 2.48. The van der Waals surface area contributed by atoms with Crippen molar-refractivity contribution in [1.82, 2.24) is 0 Å². The second-order valence-electron chi connectivity index (χ2n) is 8.19. The summed E-state index contributed by atoms with van der Waals surface area (Å²) in [6.07, 6.45) is 2.00. The number of nitrogens with zero attached hydrogens (tertiary/aromatic N) is 1. The first-order chi connectivity index (χ1) is 17.3. The lowest BCUT2D eigenvalue weighted by Crippen LogP contribution is -3.00. The third-order valence-corrected chi connectivity index (χ3v) is 10.5. The molecule has 0 saturated heterocycles. The van der Waals surface area contributed by atoms with Crippen molar-refractivity contribution >= 4 is 40.4 Å². The maximum Gasteiger partial charge on any atom is 0.145 e. The second-order valence-corrected chi connectivity index (χ2v) is 11.6. The molecule has 2 nitrogen and oxygen atoms in total. The lowest BCUT2D eigenvalue weighted by atomic mass is 10.2. The fourth-order valence-electron chi connectivity index (χ4n) is 4.53. The fraction of sp³-hybridized carbons (Fsp3) is 0.0312. The van der Waals surface area contributed by atoms with E-state index in [0.717, 1.165) is 17.0 Å². The van der Waals surface area contributed by atoms with Crippen LogP contribution in [-0.2, 0) is 0 Å². The topological polar surface area (TPSA) is 21.6 Å². The minimum Gasteiger partial charge on any atom is -1.00 e. The van der Waals surface area contributed by atoms with Gasteiger partial charge in [-0.15, -0.1) is 0 Å². The lowest BCUT2D eigenvalue weighted by Gasteiger charge is -2.28. The Kier molecular flexibility index (Phi) is 8.33. The van der Waals surface area contributed by atoms with E-state index in [1.807, 2.05) is 30.5 Å². The highest BCUT2D eigenvalue weighted by molar-refractivity contribution is 8.01. The molecule has 0 unspecified atom stereocenters. The van der Waals surface area contributed by atoms with Crippen LogP contribution < -0.4 is 38.4 Å². The van der Waals surface area contributed by atoms with E-state index in [-0.39, 0.29) is 12.4 Å². The summed E-state index contributed by atoms with van der Waals surface area (Å²) in [6.45, 7) is 0. The van der Waals surface area contributed by atoms with Crippen LogP contribution in [0.25, 0.3) is 0 Å². The van der Waals surface area contributed by atoms with Gasteiger partial charge in [0.2, 0.25) is 0 Å². The standard InChI is InChI=1S/C32H27NOP.ClH/c1-34-28-23-21-27(22-24-28)33-25-26-13-11-12-20-32(26)35(29-14-5-2-6-15-29,30-16-7-3-8-17-30)31-18-9-4-10-19-31;/h2-25H,1H3;1H/q+1;/p-1. The van der Waals surface area contributed by atoms with Gasteiger partial charge in [-0.1, -0.05) is 66.7 Å². The number of benzene rings is 5. The number of ether oxygens (including phenoxy) is 1. The first-order valence-electron chi connectivity index (χ1n) is 11.7. The summed E-state index contributed by atoms with van der Waals surface area (Å²) in [5.74, 6) is 0.825. The van der Waals surface area contributed by atoms with Gasteiger partial charge in [0.25, 0.3) is 0 Å². The molecule has 0 bridgehead atoms. The van der Waals surface area contributed by atoms with E-state index in [9.17, 15) is 0 Å². The molecule has 4 heteroatoms. The van der Waals surface area contributed by atoms with E-state index in [4.69, 9.17) is 9.73 Å². The Hall–Kier alpha value is -3.71. The Morgan fingerprint density at radius 1 is 0.556 bits per heavy atom. The van der Waals surface area contributed by atoms with Crippen LogP contribution in [-0.4, -0.2) is 13.3 Å². The quantitative estimate of drug-likeness (QED) is 0.245. The zero-order valence-electron chi connectivity index (χ0n) is 20.0. The van der Waals surface area contributed by atoms with E-state index in [0.29, 0.717) is 0 Å². The van der Waals surface area contributed by atoms with Gasteiger partial charge in [-0.05, 0) is 72.8 Å². The molecule has 0 atom stereocenters. The zero-order valence-corrected chi connectivity index (χ0v) is 21.7. The molecule has 0 aliphatic carbocycles. The highest BCUT2D eigenvalue weighted by atomic mass is 35.5. The minimum atomic E-state index is -2.19. The normalized spacial score (nSPS) is 11.1. The summed E-state index contributed by atoms with van der Waals surface area (Å²) in [5, 5.41) is 5.26. The van der Waals surface area contributed by atoms with E-state index in [2.05, 4.69) is 115 Å². The Morgan fingerprint density at radius 3 is 1.47 bits per heavy atom. The third-order valence-electron chi connectivity index (χ3n) is 6.15. The lowest BCUT2D eigenvalue weighted by molar-refractivity contribution is -0.00000701. The molecule has 5 aromatic rings. The summed E-state index contributed by atoms with van der Waals surface area (Å²) in [7, 11) is -0.513. The number of halogens is 1. The maximum absolute atomic E-state index is 5.30. The summed E-state index contributed by atoms with van der Waals surface area (Å²) in [6, 6.07) is 49.3. The van der Waals surface area contributed by atoms with Crippen molar-refractivity contribution in [1.29, 1.82) is 0 Å². The molecule has 0 saturated carbocycles. The van der Waals surface area contributed by atoms with Crippen molar-refractivity contribution < 1.29 is 17.1 Å². The van der Waals surface area contributed by atoms with Crippen molar-refractivity contribution in [2.24, 2.45) is 4.99 Å². The van der Waals surface area contributed by atoms with Crippen LogP contribution in [0.5, 0.6) is 5.75 Å². The van der Waals surface area contributed by atoms with Gasteiger partial charge in [-0.25, -0.2) is 0 Å². The molecule has 5 rings (SSSR count). The predicted octanol–water partition coefficient (Wildman–Crippen LogP) is 3.07. The number of hydrogen-bond donors (Lipinski definition) is 0. The number of aliphatic imine (C=N–C) groups is 1. The Bertz CT molecular complexity index is 1310. The van der Waals surface area contributed by atoms with Crippen LogP contribution in [0.2, 0.25) is 0 Å². The van der Waals surface area contributed by atoms with Crippen molar-refractivity contribution in [3.8, 4) is 5.75 Å². The van der Waals surface area contributed by atoms with Gasteiger partial charge in [0.1, 0.15) is 34.2 Å². The van der Waals surface area contributed by atoms with Crippen molar-refractivity contribution in [3.63, 3.8) is 0 Å².